The molecule has 0 saturated heterocycles. The highest BCUT2D eigenvalue weighted by atomic mass is 32.1. The largest absolute Gasteiger partial charge is 0.397 e. The summed E-state index contributed by atoms with van der Waals surface area (Å²) >= 11 is 1.38. The lowest BCUT2D eigenvalue weighted by molar-refractivity contribution is 0.0957. The number of fused-ring (bicyclic) bond motifs is 1. The molecule has 1 amide bonds. The number of rotatable bonds is 7. The summed E-state index contributed by atoms with van der Waals surface area (Å²) < 4.78 is 5.92. The predicted octanol–water partition coefficient (Wildman–Crippen LogP) is 2.42. The zero-order valence-corrected chi connectivity index (χ0v) is 12.3. The van der Waals surface area contributed by atoms with E-state index in [1.54, 1.807) is 19.5 Å². The normalized spacial score (nSPS) is 10.8. The molecular formula is C14H19N3O2S. The maximum Gasteiger partial charge on any atom is 0.263 e. The number of carbonyl (C=O) groups is 1. The summed E-state index contributed by atoms with van der Waals surface area (Å²) in [6, 6.07) is 1.84. The van der Waals surface area contributed by atoms with Crippen molar-refractivity contribution < 1.29 is 9.53 Å². The van der Waals surface area contributed by atoms with Gasteiger partial charge in [0.15, 0.2) is 0 Å². The van der Waals surface area contributed by atoms with Crippen LogP contribution in [0.1, 0.15) is 28.9 Å². The van der Waals surface area contributed by atoms with Crippen LogP contribution in [0.5, 0.6) is 0 Å². The number of anilines is 1. The van der Waals surface area contributed by atoms with Crippen molar-refractivity contribution in [3.05, 3.63) is 23.3 Å². The number of carbonyl (C=O) groups excluding carboxylic acids is 1. The quantitative estimate of drug-likeness (QED) is 0.769. The van der Waals surface area contributed by atoms with E-state index in [9.17, 15) is 4.79 Å². The van der Waals surface area contributed by atoms with E-state index in [0.717, 1.165) is 36.0 Å². The Balaban J connectivity index is 1.89. The highest BCUT2D eigenvalue weighted by Crippen LogP contribution is 2.32. The number of nitrogens with two attached hydrogens (primary N) is 1. The first-order valence-corrected chi connectivity index (χ1v) is 7.45. The van der Waals surface area contributed by atoms with E-state index >= 15 is 0 Å². The molecule has 0 aromatic carbocycles. The molecule has 2 aromatic rings. The Kier molecular flexibility index (Phi) is 5.31. The molecule has 0 saturated carbocycles. The van der Waals surface area contributed by atoms with Gasteiger partial charge in [0.25, 0.3) is 5.91 Å². The molecule has 108 valence electrons. The summed E-state index contributed by atoms with van der Waals surface area (Å²) in [5.41, 5.74) is 6.56. The lowest BCUT2D eigenvalue weighted by Crippen LogP contribution is -2.24. The Hall–Kier alpha value is -1.66. The van der Waals surface area contributed by atoms with Gasteiger partial charge in [0, 0.05) is 38.0 Å². The van der Waals surface area contributed by atoms with Crippen molar-refractivity contribution >= 4 is 33.0 Å². The number of nitrogen functional groups attached to an aromatic ring is 1. The minimum absolute atomic E-state index is 0.101. The van der Waals surface area contributed by atoms with Gasteiger partial charge in [0.1, 0.15) is 4.88 Å². The zero-order valence-electron chi connectivity index (χ0n) is 11.5. The molecule has 0 fully saturated rings. The number of aromatic nitrogens is 1. The Labute approximate surface area is 122 Å². The molecule has 3 N–H and O–H groups in total. The molecule has 0 bridgehead atoms. The fourth-order valence-electron chi connectivity index (χ4n) is 1.97. The number of pyridine rings is 1. The second-order valence-corrected chi connectivity index (χ2v) is 5.58. The smallest absolute Gasteiger partial charge is 0.263 e. The van der Waals surface area contributed by atoms with E-state index in [1.807, 2.05) is 6.07 Å². The Morgan fingerprint density at radius 2 is 2.30 bits per heavy atom. The number of hydrogen-bond acceptors (Lipinski definition) is 5. The van der Waals surface area contributed by atoms with Gasteiger partial charge in [0.05, 0.1) is 10.4 Å². The molecule has 0 unspecified atom stereocenters. The lowest BCUT2D eigenvalue weighted by Gasteiger charge is -2.04. The Bertz CT molecular complexity index is 583. The molecule has 2 heterocycles. The van der Waals surface area contributed by atoms with E-state index in [4.69, 9.17) is 10.5 Å². The summed E-state index contributed by atoms with van der Waals surface area (Å²) in [5.74, 6) is -0.101. The lowest BCUT2D eigenvalue weighted by atomic mass is 10.2. The van der Waals surface area contributed by atoms with Crippen molar-refractivity contribution in [1.82, 2.24) is 10.3 Å². The highest BCUT2D eigenvalue weighted by molar-refractivity contribution is 7.21. The molecule has 0 aliphatic heterocycles. The summed E-state index contributed by atoms with van der Waals surface area (Å²) in [4.78, 5) is 16.7. The van der Waals surface area contributed by atoms with Gasteiger partial charge in [-0.2, -0.15) is 0 Å². The second-order valence-electron chi connectivity index (χ2n) is 4.53. The number of amides is 1. The van der Waals surface area contributed by atoms with Crippen LogP contribution in [0.3, 0.4) is 0 Å². The van der Waals surface area contributed by atoms with E-state index in [2.05, 4.69) is 10.3 Å². The monoisotopic (exact) mass is 293 g/mol. The minimum Gasteiger partial charge on any atom is -0.397 e. The summed E-state index contributed by atoms with van der Waals surface area (Å²) in [6.07, 6.45) is 6.42. The number of hydrogen-bond donors (Lipinski definition) is 2. The van der Waals surface area contributed by atoms with Crippen LogP contribution in [0.15, 0.2) is 18.5 Å². The number of nitrogens with one attached hydrogen (secondary N) is 1. The summed E-state index contributed by atoms with van der Waals surface area (Å²) in [7, 11) is 1.70. The third kappa shape index (κ3) is 3.46. The van der Waals surface area contributed by atoms with Gasteiger partial charge in [0.2, 0.25) is 0 Å². The molecule has 6 heteroatoms. The van der Waals surface area contributed by atoms with E-state index in [1.165, 1.54) is 11.3 Å². The fraction of sp³-hybridized carbons (Fsp3) is 0.429. The minimum atomic E-state index is -0.101. The molecule has 2 aromatic heterocycles. The van der Waals surface area contributed by atoms with Crippen LogP contribution in [-0.2, 0) is 4.74 Å². The average Bonchev–Trinajstić information content (AvgIpc) is 2.80. The molecule has 2 rings (SSSR count). The molecule has 0 aliphatic carbocycles. The van der Waals surface area contributed by atoms with Crippen LogP contribution in [0.25, 0.3) is 10.1 Å². The number of unbranched alkanes of at least 4 members (excludes halogenated alkanes) is 2. The fourth-order valence-corrected chi connectivity index (χ4v) is 2.98. The van der Waals surface area contributed by atoms with Crippen LogP contribution in [-0.4, -0.2) is 31.2 Å². The molecule has 0 radical (unpaired) electrons. The second kappa shape index (κ2) is 7.21. The standard InChI is InChI=1S/C14H19N3O2S/c1-19-8-4-2-3-6-17-14(18)13-12(15)10-5-7-16-9-11(10)20-13/h5,7,9H,2-4,6,8,15H2,1H3,(H,17,18). The maximum absolute atomic E-state index is 12.1. The first-order valence-electron chi connectivity index (χ1n) is 6.63. The van der Waals surface area contributed by atoms with Crippen LogP contribution < -0.4 is 11.1 Å². The van der Waals surface area contributed by atoms with Gasteiger partial charge in [-0.25, -0.2) is 0 Å². The molecule has 0 atom stereocenters. The third-order valence-corrected chi connectivity index (χ3v) is 4.20. The summed E-state index contributed by atoms with van der Waals surface area (Å²) in [6.45, 7) is 1.43. The van der Waals surface area contributed by atoms with E-state index in [-0.39, 0.29) is 5.91 Å². The topological polar surface area (TPSA) is 77.2 Å². The molecule has 20 heavy (non-hydrogen) atoms. The van der Waals surface area contributed by atoms with Crippen molar-refractivity contribution in [1.29, 1.82) is 0 Å². The van der Waals surface area contributed by atoms with Crippen molar-refractivity contribution in [2.75, 3.05) is 26.0 Å². The van der Waals surface area contributed by atoms with Gasteiger partial charge in [-0.05, 0) is 25.3 Å². The zero-order chi connectivity index (χ0) is 14.4. The molecule has 0 spiro atoms. The SMILES string of the molecule is COCCCCCNC(=O)c1sc2cnccc2c1N. The van der Waals surface area contributed by atoms with Crippen molar-refractivity contribution in [2.45, 2.75) is 19.3 Å². The predicted molar refractivity (Wildman–Crippen MR) is 82.1 cm³/mol. The van der Waals surface area contributed by atoms with Crippen molar-refractivity contribution in [2.24, 2.45) is 0 Å². The number of methoxy groups -OCH3 is 1. The van der Waals surface area contributed by atoms with Crippen molar-refractivity contribution in [3.63, 3.8) is 0 Å². The number of ether oxygens (including phenoxy) is 1. The van der Waals surface area contributed by atoms with Crippen LogP contribution >= 0.6 is 11.3 Å². The highest BCUT2D eigenvalue weighted by Gasteiger charge is 2.15. The molecule has 5 nitrogen and oxygen atoms in total. The summed E-state index contributed by atoms with van der Waals surface area (Å²) in [5, 5.41) is 3.81. The first-order chi connectivity index (χ1) is 9.74. The third-order valence-electron chi connectivity index (χ3n) is 3.05. The van der Waals surface area contributed by atoms with Gasteiger partial charge in [-0.1, -0.05) is 0 Å². The maximum atomic E-state index is 12.1. The van der Waals surface area contributed by atoms with Gasteiger partial charge < -0.3 is 15.8 Å². The van der Waals surface area contributed by atoms with Crippen molar-refractivity contribution in [3.8, 4) is 0 Å². The number of thiophene rings is 1. The van der Waals surface area contributed by atoms with E-state index in [0.29, 0.717) is 17.1 Å². The first kappa shape index (κ1) is 14.7. The Morgan fingerprint density at radius 3 is 3.05 bits per heavy atom. The van der Waals surface area contributed by atoms with Gasteiger partial charge >= 0.3 is 0 Å². The van der Waals surface area contributed by atoms with Crippen LogP contribution in [0.2, 0.25) is 0 Å². The van der Waals surface area contributed by atoms with E-state index < -0.39 is 0 Å². The number of nitrogens with zero attached hydrogens (tertiary/aromatic N) is 1. The van der Waals surface area contributed by atoms with Gasteiger partial charge in [-0.3, -0.25) is 9.78 Å². The van der Waals surface area contributed by atoms with Crippen LogP contribution in [0, 0.1) is 0 Å². The average molecular weight is 293 g/mol. The molecular weight excluding hydrogens is 274 g/mol. The Morgan fingerprint density at radius 1 is 1.45 bits per heavy atom. The van der Waals surface area contributed by atoms with Crippen LogP contribution in [0.4, 0.5) is 5.69 Å². The molecule has 0 aliphatic rings. The van der Waals surface area contributed by atoms with Gasteiger partial charge in [-0.15, -0.1) is 11.3 Å².